The van der Waals surface area contributed by atoms with E-state index in [4.69, 9.17) is 4.89 Å². The molecule has 1 aliphatic rings. The van der Waals surface area contributed by atoms with Crippen LogP contribution in [0.5, 0.6) is 0 Å². The van der Waals surface area contributed by atoms with Gasteiger partial charge in [0.15, 0.2) is 21.5 Å². The van der Waals surface area contributed by atoms with Crippen molar-refractivity contribution in [3.05, 3.63) is 35.9 Å². The second kappa shape index (κ2) is 8.09. The van der Waals surface area contributed by atoms with Crippen LogP contribution in [0.3, 0.4) is 0 Å². The van der Waals surface area contributed by atoms with Crippen molar-refractivity contribution in [3.63, 3.8) is 0 Å². The lowest BCUT2D eigenvalue weighted by Gasteiger charge is -2.10. The maximum Gasteiger partial charge on any atom is 0.472 e. The molecule has 0 aliphatic carbocycles. The van der Waals surface area contributed by atoms with Gasteiger partial charge in [-0.25, -0.2) is 28.5 Å². The first kappa shape index (κ1) is 22.9. The average molecular weight is 508 g/mol. The molecule has 1 aliphatic heterocycles. The Kier molecular flexibility index (Phi) is 5.28. The Hall–Kier alpha value is -3.92. The van der Waals surface area contributed by atoms with E-state index in [1.165, 1.54) is 31.2 Å². The molecule has 0 amide bonds. The van der Waals surface area contributed by atoms with Gasteiger partial charge in [0.1, 0.15) is 11.4 Å². The van der Waals surface area contributed by atoms with Gasteiger partial charge in [-0.2, -0.15) is 18.1 Å². The fourth-order valence-corrected chi connectivity index (χ4v) is 4.50. The lowest BCUT2D eigenvalue weighted by atomic mass is 10.2. The van der Waals surface area contributed by atoms with E-state index in [2.05, 4.69) is 40.5 Å². The average Bonchev–Trinajstić information content (AvgIpc) is 3.59. The van der Waals surface area contributed by atoms with Gasteiger partial charge < -0.3 is 9.45 Å². The molecule has 35 heavy (non-hydrogen) atoms. The molecule has 0 saturated carbocycles. The van der Waals surface area contributed by atoms with Crippen LogP contribution < -0.4 is 0 Å². The van der Waals surface area contributed by atoms with E-state index in [0.29, 0.717) is 16.7 Å². The van der Waals surface area contributed by atoms with Crippen molar-refractivity contribution in [2.45, 2.75) is 24.2 Å². The Morgan fingerprint density at radius 2 is 1.97 bits per heavy atom. The predicted octanol–water partition coefficient (Wildman–Crippen LogP) is 2.53. The molecular formula is C19H15F3N8O4S. The molecule has 0 radical (unpaired) electrons. The number of benzene rings is 1. The summed E-state index contributed by atoms with van der Waals surface area (Å²) in [6, 6.07) is 7.47. The van der Waals surface area contributed by atoms with E-state index >= 15 is 0 Å². The third-order valence-electron chi connectivity index (χ3n) is 5.26. The summed E-state index contributed by atoms with van der Waals surface area (Å²) in [5.74, 6) is -1.22. The van der Waals surface area contributed by atoms with Gasteiger partial charge in [-0.15, -0.1) is 5.10 Å². The first-order valence-corrected chi connectivity index (χ1v) is 11.7. The number of imidazole rings is 1. The van der Waals surface area contributed by atoms with Crippen molar-refractivity contribution in [1.82, 2.24) is 35.2 Å². The van der Waals surface area contributed by atoms with Crippen LogP contribution in [0.4, 0.5) is 13.2 Å². The van der Waals surface area contributed by atoms with Crippen LogP contribution in [0.25, 0.3) is 34.1 Å². The molecule has 182 valence electrons. The number of nitrogens with one attached hydrogen (secondary N) is 1. The highest BCUT2D eigenvalue weighted by atomic mass is 32.2. The summed E-state index contributed by atoms with van der Waals surface area (Å²) in [4.78, 5) is 21.3. The smallest absolute Gasteiger partial charge is 0.326 e. The number of rotatable bonds is 5. The van der Waals surface area contributed by atoms with E-state index in [0.717, 1.165) is 0 Å². The minimum Gasteiger partial charge on any atom is -0.326 e. The molecule has 12 nitrogen and oxygen atoms in total. The number of nitrogens with zero attached hydrogens (tertiary/aromatic N) is 7. The molecule has 16 heteroatoms. The number of tetrazole rings is 1. The monoisotopic (exact) mass is 508 g/mol. The summed E-state index contributed by atoms with van der Waals surface area (Å²) >= 11 is 0. The van der Waals surface area contributed by atoms with Crippen LogP contribution in [0, 0.1) is 0 Å². The molecule has 4 aromatic rings. The molecule has 1 unspecified atom stereocenters. The first-order chi connectivity index (χ1) is 16.6. The lowest BCUT2D eigenvalue weighted by Crippen LogP contribution is -2.22. The molecule has 0 bridgehead atoms. The molecule has 4 heterocycles. The lowest BCUT2D eigenvalue weighted by molar-refractivity contribution is -0.253. The summed E-state index contributed by atoms with van der Waals surface area (Å²) in [5, 5.41) is 13.4. The van der Waals surface area contributed by atoms with Crippen molar-refractivity contribution >= 4 is 26.8 Å². The molecule has 0 saturated heterocycles. The number of hydrogen-bond donors (Lipinski definition) is 1. The number of alkyl halides is 3. The van der Waals surface area contributed by atoms with Crippen LogP contribution in [-0.4, -0.2) is 61.4 Å². The molecular weight excluding hydrogens is 493 g/mol. The number of aryl methyl sites for hydroxylation is 1. The summed E-state index contributed by atoms with van der Waals surface area (Å²) in [7, 11) is -2.04. The number of fused-ring (bicyclic) bond motifs is 1. The van der Waals surface area contributed by atoms with Gasteiger partial charge in [-0.3, -0.25) is 0 Å². The Balaban J connectivity index is 1.64. The van der Waals surface area contributed by atoms with Gasteiger partial charge in [0.2, 0.25) is 6.23 Å². The highest BCUT2D eigenvalue weighted by molar-refractivity contribution is 7.91. The van der Waals surface area contributed by atoms with Crippen LogP contribution in [0.1, 0.15) is 18.7 Å². The van der Waals surface area contributed by atoms with Crippen molar-refractivity contribution in [2.24, 2.45) is 12.0 Å². The maximum absolute atomic E-state index is 12.8. The quantitative estimate of drug-likeness (QED) is 0.401. The summed E-state index contributed by atoms with van der Waals surface area (Å²) < 4.78 is 65.7. The second-order valence-corrected chi connectivity index (χ2v) is 9.65. The normalized spacial score (nSPS) is 16.5. The molecule has 0 fully saturated rings. The SMILES string of the molecule is CCS(=O)(=O)c1ccc(-c2nnn[nH]2)nc1-c1nc2cc(C3N=C(C(F)(F)F)OO3)ccc2n1C. The zero-order valence-corrected chi connectivity index (χ0v) is 18.8. The highest BCUT2D eigenvalue weighted by Crippen LogP contribution is 2.34. The zero-order valence-electron chi connectivity index (χ0n) is 18.0. The maximum atomic E-state index is 12.8. The predicted molar refractivity (Wildman–Crippen MR) is 113 cm³/mol. The Morgan fingerprint density at radius 3 is 2.63 bits per heavy atom. The van der Waals surface area contributed by atoms with Crippen molar-refractivity contribution < 1.29 is 31.4 Å². The van der Waals surface area contributed by atoms with Crippen molar-refractivity contribution in [2.75, 3.05) is 5.75 Å². The van der Waals surface area contributed by atoms with E-state index in [9.17, 15) is 21.6 Å². The van der Waals surface area contributed by atoms with Crippen molar-refractivity contribution in [1.29, 1.82) is 0 Å². The molecule has 3 aromatic heterocycles. The fourth-order valence-electron chi connectivity index (χ4n) is 3.49. The van der Waals surface area contributed by atoms with Gasteiger partial charge in [-0.05, 0) is 34.7 Å². The van der Waals surface area contributed by atoms with Crippen LogP contribution in [-0.2, 0) is 26.7 Å². The number of pyridine rings is 1. The molecule has 0 spiro atoms. The number of H-pyrrole nitrogens is 1. The third kappa shape index (κ3) is 3.99. The molecule has 5 rings (SSSR count). The third-order valence-corrected chi connectivity index (χ3v) is 7.02. The highest BCUT2D eigenvalue weighted by Gasteiger charge is 2.44. The number of sulfone groups is 1. The fraction of sp³-hybridized carbons (Fsp3) is 0.263. The van der Waals surface area contributed by atoms with E-state index in [1.807, 2.05) is 0 Å². The Bertz CT molecular complexity index is 1560. The summed E-state index contributed by atoms with van der Waals surface area (Å²) in [6.45, 7) is 1.51. The summed E-state index contributed by atoms with van der Waals surface area (Å²) in [5.41, 5.74) is 1.54. The first-order valence-electron chi connectivity index (χ1n) is 10.0. The second-order valence-electron chi connectivity index (χ2n) is 7.40. The van der Waals surface area contributed by atoms with Gasteiger partial charge in [-0.1, -0.05) is 13.0 Å². The Labute approximate surface area is 194 Å². The van der Waals surface area contributed by atoms with E-state index in [-0.39, 0.29) is 33.6 Å². The van der Waals surface area contributed by atoms with Gasteiger partial charge in [0.05, 0.1) is 21.7 Å². The van der Waals surface area contributed by atoms with Gasteiger partial charge >= 0.3 is 12.1 Å². The largest absolute Gasteiger partial charge is 0.472 e. The zero-order chi connectivity index (χ0) is 25.0. The van der Waals surface area contributed by atoms with E-state index in [1.54, 1.807) is 17.7 Å². The minimum atomic E-state index is -4.78. The van der Waals surface area contributed by atoms with Gasteiger partial charge in [0.25, 0.3) is 0 Å². The number of aromatic amines is 1. The van der Waals surface area contributed by atoms with Gasteiger partial charge in [0, 0.05) is 12.6 Å². The topological polar surface area (TPSA) is 150 Å². The van der Waals surface area contributed by atoms with Crippen LogP contribution in [0.15, 0.2) is 40.2 Å². The number of hydrogen-bond acceptors (Lipinski definition) is 10. The standard InChI is InChI=1S/C19H15F3N8O4S/c1-3-35(31,32)13-7-5-10(15-26-28-29-27-15)23-14(13)16-24-11-8-9(4-6-12(11)30(16)2)17-25-18(34-33-17)19(20,21)22/h4-8,17H,3H2,1-2H3,(H,26,27,28,29). The van der Waals surface area contributed by atoms with E-state index < -0.39 is 28.1 Å². The number of aliphatic imine (C=N–C) groups is 1. The molecule has 1 atom stereocenters. The minimum absolute atomic E-state index is 0.0400. The van der Waals surface area contributed by atoms with Crippen LogP contribution >= 0.6 is 0 Å². The van der Waals surface area contributed by atoms with Crippen molar-refractivity contribution in [3.8, 4) is 23.0 Å². The number of aromatic nitrogens is 7. The van der Waals surface area contributed by atoms with Crippen LogP contribution in [0.2, 0.25) is 0 Å². The molecule has 1 N–H and O–H groups in total. The Morgan fingerprint density at radius 1 is 1.17 bits per heavy atom. The number of halogens is 3. The summed E-state index contributed by atoms with van der Waals surface area (Å²) in [6.07, 6.45) is -6.12. The molecule has 1 aromatic carbocycles.